The number of hydrogen-bond donors (Lipinski definition) is 2. The van der Waals surface area contributed by atoms with E-state index in [1.807, 2.05) is 27.7 Å². The van der Waals surface area contributed by atoms with E-state index >= 15 is 0 Å². The highest BCUT2D eigenvalue weighted by atomic mass is 79.9. The Morgan fingerprint density at radius 2 is 1.70 bits per heavy atom. The minimum atomic E-state index is -1.04. The summed E-state index contributed by atoms with van der Waals surface area (Å²) in [6.07, 6.45) is -1.04. The van der Waals surface area contributed by atoms with Crippen LogP contribution in [0.25, 0.3) is 22.7 Å². The Morgan fingerprint density at radius 3 is 2.30 bits per heavy atom. The molecule has 37 heavy (non-hydrogen) atoms. The van der Waals surface area contributed by atoms with Gasteiger partial charge in [0.25, 0.3) is 11.5 Å². The number of benzene rings is 1. The van der Waals surface area contributed by atoms with E-state index < -0.39 is 17.6 Å². The summed E-state index contributed by atoms with van der Waals surface area (Å²) in [5.74, 6) is 0.189. The number of halogens is 1. The number of carbonyl (C=O) groups is 1. The Morgan fingerprint density at radius 1 is 1.08 bits per heavy atom. The van der Waals surface area contributed by atoms with E-state index in [-0.39, 0.29) is 34.6 Å². The zero-order chi connectivity index (χ0) is 27.0. The van der Waals surface area contributed by atoms with Gasteiger partial charge in [0.2, 0.25) is 12.0 Å². The largest absolute Gasteiger partial charge is 0.459 e. The highest BCUT2D eigenvalue weighted by Gasteiger charge is 2.24. The van der Waals surface area contributed by atoms with Crippen LogP contribution in [0.2, 0.25) is 0 Å². The number of amides is 1. The number of aromatic nitrogens is 6. The molecule has 1 aromatic carbocycles. The van der Waals surface area contributed by atoms with Crippen molar-refractivity contribution in [2.75, 3.05) is 0 Å². The topological polar surface area (TPSA) is 143 Å². The number of nitrogens with zero attached hydrogens (tertiary/aromatic N) is 5. The summed E-state index contributed by atoms with van der Waals surface area (Å²) in [6.45, 7) is 8.59. The smallest absolute Gasteiger partial charge is 0.332 e. The van der Waals surface area contributed by atoms with Gasteiger partial charge in [-0.2, -0.15) is 5.10 Å². The van der Waals surface area contributed by atoms with Gasteiger partial charge in [0.15, 0.2) is 11.5 Å². The summed E-state index contributed by atoms with van der Waals surface area (Å²) in [5.41, 5.74) is 6.28. The maximum absolute atomic E-state index is 13.2. The summed E-state index contributed by atoms with van der Waals surface area (Å²) < 4.78 is 11.0. The third kappa shape index (κ3) is 5.38. The lowest BCUT2D eigenvalue weighted by molar-refractivity contribution is -0.125. The van der Waals surface area contributed by atoms with E-state index in [1.54, 1.807) is 37.4 Å². The molecule has 0 fully saturated rings. The van der Waals surface area contributed by atoms with Gasteiger partial charge in [-0.3, -0.25) is 18.7 Å². The highest BCUT2D eigenvalue weighted by Crippen LogP contribution is 2.27. The fourth-order valence-corrected chi connectivity index (χ4v) is 4.33. The van der Waals surface area contributed by atoms with E-state index in [0.29, 0.717) is 30.2 Å². The van der Waals surface area contributed by atoms with E-state index in [2.05, 4.69) is 31.0 Å². The number of rotatable bonds is 9. The van der Waals surface area contributed by atoms with Crippen LogP contribution in [0.1, 0.15) is 39.4 Å². The monoisotopic (exact) mass is 571 g/mol. The van der Waals surface area contributed by atoms with Gasteiger partial charge in [-0.05, 0) is 24.0 Å². The molecule has 3 heterocycles. The van der Waals surface area contributed by atoms with Crippen LogP contribution < -0.4 is 21.7 Å². The minimum absolute atomic E-state index is 0.108. The summed E-state index contributed by atoms with van der Waals surface area (Å²) in [7, 11) is 1.66. The van der Waals surface area contributed by atoms with Crippen LogP contribution in [0.5, 0.6) is 5.88 Å². The Labute approximate surface area is 221 Å². The van der Waals surface area contributed by atoms with E-state index in [0.717, 1.165) is 4.47 Å². The van der Waals surface area contributed by atoms with Crippen molar-refractivity contribution >= 4 is 33.0 Å². The first-order valence-corrected chi connectivity index (χ1v) is 12.7. The summed E-state index contributed by atoms with van der Waals surface area (Å²) in [4.78, 5) is 46.2. The third-order valence-electron chi connectivity index (χ3n) is 5.71. The predicted octanol–water partition coefficient (Wildman–Crippen LogP) is 2.97. The number of imidazole rings is 1. The fraction of sp³-hybridized carbons (Fsp3) is 0.400. The molecule has 3 N–H and O–H groups in total. The third-order valence-corrected chi connectivity index (χ3v) is 6.23. The van der Waals surface area contributed by atoms with Gasteiger partial charge < -0.3 is 15.5 Å². The second-order valence-corrected chi connectivity index (χ2v) is 10.7. The lowest BCUT2D eigenvalue weighted by Crippen LogP contribution is -2.41. The van der Waals surface area contributed by atoms with E-state index in [9.17, 15) is 14.4 Å². The zero-order valence-corrected chi connectivity index (χ0v) is 22.9. The molecule has 1 unspecified atom stereocenters. The van der Waals surface area contributed by atoms with Gasteiger partial charge in [-0.15, -0.1) is 0 Å². The Kier molecular flexibility index (Phi) is 7.39. The van der Waals surface area contributed by atoms with Crippen molar-refractivity contribution in [2.45, 2.75) is 46.9 Å². The fourth-order valence-electron chi connectivity index (χ4n) is 4.07. The first kappa shape index (κ1) is 26.4. The first-order valence-electron chi connectivity index (χ1n) is 12.0. The molecule has 0 aliphatic heterocycles. The highest BCUT2D eigenvalue weighted by molar-refractivity contribution is 9.10. The normalized spacial score (nSPS) is 12.5. The lowest BCUT2D eigenvalue weighted by atomic mass is 10.1. The van der Waals surface area contributed by atoms with Crippen molar-refractivity contribution in [3.8, 4) is 17.4 Å². The predicted molar refractivity (Wildman–Crippen MR) is 143 cm³/mol. The summed E-state index contributed by atoms with van der Waals surface area (Å²) in [6, 6.07) is 8.67. The maximum atomic E-state index is 13.2. The van der Waals surface area contributed by atoms with Gasteiger partial charge >= 0.3 is 5.69 Å². The SMILES string of the molecule is CC(C)Cn1c(=O)c2[nH]c(-c3cc(OC(C(N)=O)c4ccc(Br)cc4)n(C)n3)nc2n(CC(C)C)c1=O. The first-order chi connectivity index (χ1) is 17.5. The van der Waals surface area contributed by atoms with Gasteiger partial charge in [0.05, 0.1) is 0 Å². The van der Waals surface area contributed by atoms with Crippen molar-refractivity contribution < 1.29 is 9.53 Å². The number of aryl methyl sites for hydroxylation is 1. The number of carbonyl (C=O) groups excluding carboxylic acids is 1. The summed E-state index contributed by atoms with van der Waals surface area (Å²) >= 11 is 3.37. The van der Waals surface area contributed by atoms with Crippen LogP contribution in [0.3, 0.4) is 0 Å². The summed E-state index contributed by atoms with van der Waals surface area (Å²) in [5, 5.41) is 4.45. The molecule has 11 nitrogen and oxygen atoms in total. The number of nitrogens with one attached hydrogen (secondary N) is 1. The van der Waals surface area contributed by atoms with Gasteiger partial charge in [0, 0.05) is 36.2 Å². The minimum Gasteiger partial charge on any atom is -0.459 e. The lowest BCUT2D eigenvalue weighted by Gasteiger charge is -2.16. The molecule has 0 bridgehead atoms. The standard InChI is InChI=1S/C25H30BrN7O4/c1-13(2)11-32-23-19(24(35)33(25(32)36)12-14(3)4)28-22(29-23)17-10-18(31(5)30-17)37-20(21(27)34)15-6-8-16(26)9-7-15/h6-10,13-14,20H,11-12H2,1-5H3,(H2,27,34)(H,28,29). The van der Waals surface area contributed by atoms with E-state index in [4.69, 9.17) is 10.5 Å². The maximum Gasteiger partial charge on any atom is 0.332 e. The molecular formula is C25H30BrN7O4. The van der Waals surface area contributed by atoms with Crippen molar-refractivity contribution in [3.63, 3.8) is 0 Å². The van der Waals surface area contributed by atoms with Crippen molar-refractivity contribution in [1.29, 1.82) is 0 Å². The Bertz CT molecular complexity index is 1560. The molecule has 3 aromatic heterocycles. The molecule has 4 rings (SSSR count). The molecule has 0 aliphatic rings. The molecule has 0 saturated carbocycles. The molecule has 12 heteroatoms. The van der Waals surface area contributed by atoms with Gasteiger partial charge in [0.1, 0.15) is 11.2 Å². The van der Waals surface area contributed by atoms with Crippen molar-refractivity contribution in [2.24, 2.45) is 24.6 Å². The second kappa shape index (κ2) is 10.4. The Balaban J connectivity index is 1.78. The van der Waals surface area contributed by atoms with Crippen LogP contribution in [-0.4, -0.2) is 34.8 Å². The van der Waals surface area contributed by atoms with Gasteiger partial charge in [-0.25, -0.2) is 14.5 Å². The molecular weight excluding hydrogens is 542 g/mol. The second-order valence-electron chi connectivity index (χ2n) is 9.82. The van der Waals surface area contributed by atoms with Gasteiger partial charge in [-0.1, -0.05) is 55.8 Å². The molecule has 1 amide bonds. The Hall–Kier alpha value is -3.67. The number of H-pyrrole nitrogens is 1. The number of hydrogen-bond acceptors (Lipinski definition) is 6. The molecule has 0 aliphatic carbocycles. The van der Waals surface area contributed by atoms with Crippen molar-refractivity contribution in [3.05, 3.63) is 61.2 Å². The molecule has 0 saturated heterocycles. The van der Waals surface area contributed by atoms with Crippen LogP contribution in [0.4, 0.5) is 0 Å². The van der Waals surface area contributed by atoms with Crippen LogP contribution in [0.15, 0.2) is 44.4 Å². The number of aromatic amines is 1. The number of fused-ring (bicyclic) bond motifs is 1. The number of nitrogens with two attached hydrogens (primary N) is 1. The molecule has 0 radical (unpaired) electrons. The molecule has 0 spiro atoms. The van der Waals surface area contributed by atoms with E-state index in [1.165, 1.54) is 13.8 Å². The number of ether oxygens (including phenoxy) is 1. The molecule has 4 aromatic rings. The quantitative estimate of drug-likeness (QED) is 0.316. The van der Waals surface area contributed by atoms with Crippen LogP contribution in [0, 0.1) is 11.8 Å². The number of primary amides is 1. The van der Waals surface area contributed by atoms with Crippen LogP contribution in [-0.2, 0) is 24.9 Å². The van der Waals surface area contributed by atoms with Crippen LogP contribution >= 0.6 is 15.9 Å². The molecule has 1 atom stereocenters. The molecule has 196 valence electrons. The van der Waals surface area contributed by atoms with Crippen molar-refractivity contribution in [1.82, 2.24) is 28.9 Å². The zero-order valence-electron chi connectivity index (χ0n) is 21.4. The average Bonchev–Trinajstić information content (AvgIpc) is 3.42. The average molecular weight is 572 g/mol.